The summed E-state index contributed by atoms with van der Waals surface area (Å²) in [6.45, 7) is 0.425. The van der Waals surface area contributed by atoms with E-state index in [9.17, 15) is 19.2 Å². The Morgan fingerprint density at radius 3 is 2.93 bits per heavy atom. The number of nitrogens with zero attached hydrogens (tertiary/aromatic N) is 4. The maximum absolute atomic E-state index is 12.7. The Hall–Kier alpha value is -3.39. The zero-order chi connectivity index (χ0) is 19.4. The van der Waals surface area contributed by atoms with Crippen LogP contribution in [-0.4, -0.2) is 41.1 Å². The molecule has 1 aromatic rings. The number of anilines is 1. The van der Waals surface area contributed by atoms with Gasteiger partial charge in [0.05, 0.1) is 0 Å². The zero-order valence-electron chi connectivity index (χ0n) is 14.5. The fourth-order valence-electron chi connectivity index (χ4n) is 3.27. The van der Waals surface area contributed by atoms with Crippen LogP contribution in [0.4, 0.5) is 5.69 Å². The number of rotatable bonds is 6. The molecule has 0 aliphatic carbocycles. The van der Waals surface area contributed by atoms with Crippen LogP contribution in [0.15, 0.2) is 23.3 Å². The molecular weight excluding hydrogens is 352 g/mol. The molecule has 2 aliphatic heterocycles. The lowest BCUT2D eigenvalue weighted by Crippen LogP contribution is -2.52. The monoisotopic (exact) mass is 370 g/mol. The molecule has 2 heterocycles. The molecular formula is C17H18N6O4. The summed E-state index contributed by atoms with van der Waals surface area (Å²) in [5.41, 5.74) is 9.84. The van der Waals surface area contributed by atoms with Gasteiger partial charge in [-0.3, -0.25) is 24.5 Å². The third-order valence-electron chi connectivity index (χ3n) is 4.58. The smallest absolute Gasteiger partial charge is 0.255 e. The predicted molar refractivity (Wildman–Crippen MR) is 94.4 cm³/mol. The molecule has 2 aliphatic rings. The Balaban J connectivity index is 1.72. The van der Waals surface area contributed by atoms with Gasteiger partial charge in [0.25, 0.3) is 5.91 Å². The van der Waals surface area contributed by atoms with Gasteiger partial charge in [0.2, 0.25) is 17.7 Å². The van der Waals surface area contributed by atoms with Crippen LogP contribution in [0.2, 0.25) is 0 Å². The molecule has 0 bridgehead atoms. The van der Waals surface area contributed by atoms with Gasteiger partial charge in [-0.1, -0.05) is 11.2 Å². The van der Waals surface area contributed by atoms with Crippen molar-refractivity contribution in [2.24, 2.45) is 5.11 Å². The molecule has 1 unspecified atom stereocenters. The van der Waals surface area contributed by atoms with Crippen molar-refractivity contribution in [2.75, 3.05) is 11.9 Å². The van der Waals surface area contributed by atoms with Crippen LogP contribution in [0.1, 0.15) is 41.6 Å². The van der Waals surface area contributed by atoms with Crippen molar-refractivity contribution in [1.29, 1.82) is 0 Å². The third kappa shape index (κ3) is 3.90. The lowest BCUT2D eigenvalue weighted by Gasteiger charge is -2.29. The first-order valence-corrected chi connectivity index (χ1v) is 8.58. The van der Waals surface area contributed by atoms with E-state index in [-0.39, 0.29) is 50.1 Å². The van der Waals surface area contributed by atoms with E-state index in [2.05, 4.69) is 20.7 Å². The minimum Gasteiger partial charge on any atom is -0.326 e. The van der Waals surface area contributed by atoms with Crippen LogP contribution in [0, 0.1) is 0 Å². The first-order chi connectivity index (χ1) is 13.0. The van der Waals surface area contributed by atoms with Gasteiger partial charge in [-0.05, 0) is 30.5 Å². The van der Waals surface area contributed by atoms with E-state index in [0.717, 1.165) is 0 Å². The first-order valence-electron chi connectivity index (χ1n) is 8.58. The van der Waals surface area contributed by atoms with Gasteiger partial charge >= 0.3 is 0 Å². The fourth-order valence-corrected chi connectivity index (χ4v) is 3.27. The number of carbonyl (C=O) groups is 4. The predicted octanol–water partition coefficient (Wildman–Crippen LogP) is 1.48. The fraction of sp³-hybridized carbons (Fsp3) is 0.412. The summed E-state index contributed by atoms with van der Waals surface area (Å²) >= 11 is 0. The van der Waals surface area contributed by atoms with E-state index in [4.69, 9.17) is 5.53 Å². The second-order valence-corrected chi connectivity index (χ2v) is 6.34. The van der Waals surface area contributed by atoms with Crippen LogP contribution in [0.25, 0.3) is 10.4 Å². The molecule has 1 aromatic carbocycles. The molecule has 140 valence electrons. The molecule has 0 saturated carbocycles. The highest BCUT2D eigenvalue weighted by Crippen LogP contribution is 2.32. The van der Waals surface area contributed by atoms with Gasteiger partial charge in [-0.15, -0.1) is 0 Å². The van der Waals surface area contributed by atoms with E-state index in [1.165, 1.54) is 4.90 Å². The zero-order valence-corrected chi connectivity index (χ0v) is 14.5. The number of piperidine rings is 1. The highest BCUT2D eigenvalue weighted by atomic mass is 16.2. The molecule has 1 fully saturated rings. The van der Waals surface area contributed by atoms with Crippen LogP contribution < -0.4 is 10.6 Å². The lowest BCUT2D eigenvalue weighted by molar-refractivity contribution is -0.137. The SMILES string of the molecule is [N-]=[N+]=NCCCC(=O)Nc1cccc2c1CN(C1CCC(=O)NC1=O)C2=O. The summed E-state index contributed by atoms with van der Waals surface area (Å²) in [5.74, 6) is -1.35. The van der Waals surface area contributed by atoms with Crippen LogP contribution >= 0.6 is 0 Å². The number of hydrogen-bond acceptors (Lipinski definition) is 5. The Labute approximate surface area is 154 Å². The van der Waals surface area contributed by atoms with Crippen LogP contribution in [-0.2, 0) is 20.9 Å². The number of hydrogen-bond donors (Lipinski definition) is 2. The van der Waals surface area contributed by atoms with Crippen molar-refractivity contribution in [3.63, 3.8) is 0 Å². The number of carbonyl (C=O) groups excluding carboxylic acids is 4. The standard InChI is InChI=1S/C17H18N6O4/c18-22-19-8-2-5-14(24)20-12-4-1-3-10-11(12)9-23(17(10)27)13-6-7-15(25)21-16(13)26/h1,3-4,13H,2,5-9H2,(H,20,24)(H,21,25,26). The molecule has 10 heteroatoms. The Bertz CT molecular complexity index is 861. The number of imide groups is 1. The molecule has 10 nitrogen and oxygen atoms in total. The summed E-state index contributed by atoms with van der Waals surface area (Å²) in [7, 11) is 0. The summed E-state index contributed by atoms with van der Waals surface area (Å²) in [4.78, 5) is 52.3. The van der Waals surface area contributed by atoms with Crippen molar-refractivity contribution >= 4 is 29.3 Å². The van der Waals surface area contributed by atoms with Crippen molar-refractivity contribution in [2.45, 2.75) is 38.3 Å². The molecule has 0 aromatic heterocycles. The highest BCUT2D eigenvalue weighted by molar-refractivity contribution is 6.06. The van der Waals surface area contributed by atoms with Gasteiger partial charge in [0.15, 0.2) is 0 Å². The van der Waals surface area contributed by atoms with Gasteiger partial charge in [-0.2, -0.15) is 0 Å². The third-order valence-corrected chi connectivity index (χ3v) is 4.58. The van der Waals surface area contributed by atoms with Gasteiger partial charge < -0.3 is 10.2 Å². The van der Waals surface area contributed by atoms with E-state index >= 15 is 0 Å². The summed E-state index contributed by atoms with van der Waals surface area (Å²) in [5, 5.41) is 8.41. The molecule has 1 atom stereocenters. The maximum Gasteiger partial charge on any atom is 0.255 e. The molecule has 2 N–H and O–H groups in total. The van der Waals surface area contributed by atoms with Crippen molar-refractivity contribution in [1.82, 2.24) is 10.2 Å². The van der Waals surface area contributed by atoms with E-state index in [1.807, 2.05) is 0 Å². The first kappa shape index (κ1) is 18.4. The Kier molecular flexibility index (Phi) is 5.37. The molecule has 0 spiro atoms. The van der Waals surface area contributed by atoms with Gasteiger partial charge in [0.1, 0.15) is 6.04 Å². The highest BCUT2D eigenvalue weighted by Gasteiger charge is 2.39. The topological polar surface area (TPSA) is 144 Å². The Morgan fingerprint density at radius 1 is 1.37 bits per heavy atom. The van der Waals surface area contributed by atoms with Crippen LogP contribution in [0.5, 0.6) is 0 Å². The average Bonchev–Trinajstić information content (AvgIpc) is 2.97. The number of nitrogens with one attached hydrogen (secondary N) is 2. The largest absolute Gasteiger partial charge is 0.326 e. The quantitative estimate of drug-likeness (QED) is 0.257. The number of amides is 4. The second kappa shape index (κ2) is 7.88. The van der Waals surface area contributed by atoms with Crippen molar-refractivity contribution < 1.29 is 19.2 Å². The summed E-state index contributed by atoms with van der Waals surface area (Å²) < 4.78 is 0. The summed E-state index contributed by atoms with van der Waals surface area (Å²) in [6.07, 6.45) is 1.08. The molecule has 4 amide bonds. The molecule has 0 radical (unpaired) electrons. The minimum absolute atomic E-state index is 0.186. The lowest BCUT2D eigenvalue weighted by atomic mass is 10.0. The number of benzene rings is 1. The molecule has 1 saturated heterocycles. The summed E-state index contributed by atoms with van der Waals surface area (Å²) in [6, 6.07) is 4.32. The van der Waals surface area contributed by atoms with E-state index in [0.29, 0.717) is 23.2 Å². The van der Waals surface area contributed by atoms with Crippen molar-refractivity contribution in [3.8, 4) is 0 Å². The number of fused-ring (bicyclic) bond motifs is 1. The second-order valence-electron chi connectivity index (χ2n) is 6.34. The van der Waals surface area contributed by atoms with Crippen LogP contribution in [0.3, 0.4) is 0 Å². The van der Waals surface area contributed by atoms with Gasteiger partial charge in [0, 0.05) is 47.7 Å². The molecule has 3 rings (SSSR count). The van der Waals surface area contributed by atoms with Gasteiger partial charge in [-0.25, -0.2) is 0 Å². The van der Waals surface area contributed by atoms with E-state index < -0.39 is 11.9 Å². The maximum atomic E-state index is 12.7. The Morgan fingerprint density at radius 2 is 2.19 bits per heavy atom. The normalized spacial score (nSPS) is 18.6. The number of azide groups is 1. The van der Waals surface area contributed by atoms with E-state index in [1.54, 1.807) is 18.2 Å². The van der Waals surface area contributed by atoms with Crippen molar-refractivity contribution in [3.05, 3.63) is 39.8 Å². The minimum atomic E-state index is -0.699. The molecule has 27 heavy (non-hydrogen) atoms. The average molecular weight is 370 g/mol.